The molecule has 0 aliphatic rings. The Hall–Kier alpha value is -2.31. The van der Waals surface area contributed by atoms with E-state index in [1.54, 1.807) is 33.7 Å². The van der Waals surface area contributed by atoms with Gasteiger partial charge < -0.3 is 14.2 Å². The summed E-state index contributed by atoms with van der Waals surface area (Å²) < 4.78 is 16.0. The van der Waals surface area contributed by atoms with Crippen LogP contribution in [0.15, 0.2) is 36.7 Å². The summed E-state index contributed by atoms with van der Waals surface area (Å²) in [6.45, 7) is 0. The fourth-order valence-corrected chi connectivity index (χ4v) is 2.21. The third-order valence-corrected chi connectivity index (χ3v) is 3.21. The van der Waals surface area contributed by atoms with Gasteiger partial charge in [-0.05, 0) is 17.7 Å². The van der Waals surface area contributed by atoms with E-state index in [4.69, 9.17) is 20.1 Å². The van der Waals surface area contributed by atoms with Crippen molar-refractivity contribution in [3.8, 4) is 17.2 Å². The summed E-state index contributed by atoms with van der Waals surface area (Å²) in [5.74, 6) is 7.67. The van der Waals surface area contributed by atoms with E-state index in [1.807, 2.05) is 24.3 Å². The Kier molecular flexibility index (Phi) is 4.97. The van der Waals surface area contributed by atoms with Gasteiger partial charge in [-0.2, -0.15) is 0 Å². The zero-order valence-corrected chi connectivity index (χ0v) is 12.3. The van der Waals surface area contributed by atoms with E-state index in [9.17, 15) is 0 Å². The SMILES string of the molecule is COc1cncc(C(NN)c2cccc(OC)c2OC)c1. The standard InChI is InChI=1S/C15H19N3O3/c1-19-11-7-10(8-17-9-11)14(18-16)12-5-4-6-13(20-2)15(12)21-3/h4-9,14,18H,16H2,1-3H3. The summed E-state index contributed by atoms with van der Waals surface area (Å²) in [5.41, 5.74) is 4.50. The molecule has 1 atom stereocenters. The second kappa shape index (κ2) is 6.92. The lowest BCUT2D eigenvalue weighted by molar-refractivity contribution is 0.348. The van der Waals surface area contributed by atoms with Gasteiger partial charge in [0.15, 0.2) is 11.5 Å². The van der Waals surface area contributed by atoms with Crippen LogP contribution in [0.25, 0.3) is 0 Å². The first-order chi connectivity index (χ1) is 10.2. The second-order valence-corrected chi connectivity index (χ2v) is 4.34. The second-order valence-electron chi connectivity index (χ2n) is 4.34. The molecule has 3 N–H and O–H groups in total. The molecule has 0 saturated carbocycles. The van der Waals surface area contributed by atoms with Gasteiger partial charge in [-0.1, -0.05) is 12.1 Å². The average molecular weight is 289 g/mol. The molecule has 0 bridgehead atoms. The van der Waals surface area contributed by atoms with E-state index in [-0.39, 0.29) is 6.04 Å². The van der Waals surface area contributed by atoms with Crippen molar-refractivity contribution in [2.24, 2.45) is 5.84 Å². The van der Waals surface area contributed by atoms with Gasteiger partial charge in [0.05, 0.1) is 33.6 Å². The minimum atomic E-state index is -0.294. The molecule has 0 spiro atoms. The number of methoxy groups -OCH3 is 3. The third-order valence-electron chi connectivity index (χ3n) is 3.21. The Morgan fingerprint density at radius 1 is 1.10 bits per heavy atom. The highest BCUT2D eigenvalue weighted by Crippen LogP contribution is 2.37. The monoisotopic (exact) mass is 289 g/mol. The van der Waals surface area contributed by atoms with Gasteiger partial charge in [0, 0.05) is 11.8 Å². The zero-order valence-electron chi connectivity index (χ0n) is 12.3. The summed E-state index contributed by atoms with van der Waals surface area (Å²) >= 11 is 0. The first kappa shape index (κ1) is 15.1. The van der Waals surface area contributed by atoms with E-state index in [0.29, 0.717) is 17.2 Å². The van der Waals surface area contributed by atoms with Crippen molar-refractivity contribution in [2.75, 3.05) is 21.3 Å². The number of aromatic nitrogens is 1. The number of benzene rings is 1. The molecular weight excluding hydrogens is 270 g/mol. The number of rotatable bonds is 6. The predicted octanol–water partition coefficient (Wildman–Crippen LogP) is 1.66. The van der Waals surface area contributed by atoms with Crippen LogP contribution in [0.5, 0.6) is 17.2 Å². The average Bonchev–Trinajstić information content (AvgIpc) is 2.55. The highest BCUT2D eigenvalue weighted by Gasteiger charge is 2.20. The molecule has 1 unspecified atom stereocenters. The van der Waals surface area contributed by atoms with E-state index >= 15 is 0 Å². The Balaban J connectivity index is 2.50. The summed E-state index contributed by atoms with van der Waals surface area (Å²) in [6, 6.07) is 7.22. The summed E-state index contributed by atoms with van der Waals surface area (Å²) in [6.07, 6.45) is 3.37. The van der Waals surface area contributed by atoms with Crippen molar-refractivity contribution >= 4 is 0 Å². The maximum atomic E-state index is 5.73. The largest absolute Gasteiger partial charge is 0.495 e. The molecule has 0 aliphatic heterocycles. The smallest absolute Gasteiger partial charge is 0.165 e. The predicted molar refractivity (Wildman–Crippen MR) is 79.5 cm³/mol. The highest BCUT2D eigenvalue weighted by atomic mass is 16.5. The first-order valence-electron chi connectivity index (χ1n) is 6.41. The number of pyridine rings is 1. The number of hydrazine groups is 1. The lowest BCUT2D eigenvalue weighted by Gasteiger charge is -2.21. The van der Waals surface area contributed by atoms with Gasteiger partial charge in [0.25, 0.3) is 0 Å². The lowest BCUT2D eigenvalue weighted by Crippen LogP contribution is -2.29. The van der Waals surface area contributed by atoms with Crippen LogP contribution >= 0.6 is 0 Å². The number of hydrogen-bond donors (Lipinski definition) is 2. The topological polar surface area (TPSA) is 78.6 Å². The van der Waals surface area contributed by atoms with Gasteiger partial charge in [0.1, 0.15) is 5.75 Å². The van der Waals surface area contributed by atoms with Crippen molar-refractivity contribution < 1.29 is 14.2 Å². The molecule has 1 aromatic heterocycles. The molecule has 0 radical (unpaired) electrons. The molecular formula is C15H19N3O3. The molecule has 0 amide bonds. The molecule has 2 aromatic rings. The molecule has 6 heteroatoms. The van der Waals surface area contributed by atoms with Gasteiger partial charge >= 0.3 is 0 Å². The minimum Gasteiger partial charge on any atom is -0.495 e. The molecule has 21 heavy (non-hydrogen) atoms. The minimum absolute atomic E-state index is 0.294. The molecule has 6 nitrogen and oxygen atoms in total. The quantitative estimate of drug-likeness (QED) is 0.622. The summed E-state index contributed by atoms with van der Waals surface area (Å²) in [4.78, 5) is 4.16. The molecule has 0 saturated heterocycles. The first-order valence-corrected chi connectivity index (χ1v) is 6.41. The third kappa shape index (κ3) is 3.07. The van der Waals surface area contributed by atoms with Crippen molar-refractivity contribution in [1.82, 2.24) is 10.4 Å². The van der Waals surface area contributed by atoms with Crippen LogP contribution in [0.4, 0.5) is 0 Å². The Labute approximate surface area is 123 Å². The Bertz CT molecular complexity index is 604. The van der Waals surface area contributed by atoms with Gasteiger partial charge in [-0.25, -0.2) is 5.43 Å². The molecule has 0 aliphatic carbocycles. The number of nitrogens with two attached hydrogens (primary N) is 1. The van der Waals surface area contributed by atoms with E-state index in [1.165, 1.54) is 0 Å². The molecule has 2 rings (SSSR count). The van der Waals surface area contributed by atoms with Crippen LogP contribution in [-0.2, 0) is 0 Å². The molecule has 112 valence electrons. The van der Waals surface area contributed by atoms with Crippen LogP contribution < -0.4 is 25.5 Å². The van der Waals surface area contributed by atoms with Gasteiger partial charge in [-0.15, -0.1) is 0 Å². The van der Waals surface area contributed by atoms with Gasteiger partial charge in [-0.3, -0.25) is 10.8 Å². The van der Waals surface area contributed by atoms with Crippen molar-refractivity contribution in [3.63, 3.8) is 0 Å². The van der Waals surface area contributed by atoms with E-state index in [0.717, 1.165) is 11.1 Å². The maximum absolute atomic E-state index is 5.73. The van der Waals surface area contributed by atoms with Crippen molar-refractivity contribution in [2.45, 2.75) is 6.04 Å². The van der Waals surface area contributed by atoms with Crippen LogP contribution in [-0.4, -0.2) is 26.3 Å². The maximum Gasteiger partial charge on any atom is 0.165 e. The van der Waals surface area contributed by atoms with Gasteiger partial charge in [0.2, 0.25) is 0 Å². The molecule has 1 aromatic carbocycles. The number of nitrogens with one attached hydrogen (secondary N) is 1. The van der Waals surface area contributed by atoms with Crippen LogP contribution in [0.3, 0.4) is 0 Å². The van der Waals surface area contributed by atoms with Crippen LogP contribution in [0, 0.1) is 0 Å². The zero-order chi connectivity index (χ0) is 15.2. The number of hydrogen-bond acceptors (Lipinski definition) is 6. The summed E-state index contributed by atoms with van der Waals surface area (Å²) in [7, 11) is 4.79. The lowest BCUT2D eigenvalue weighted by atomic mass is 9.99. The fourth-order valence-electron chi connectivity index (χ4n) is 2.21. The Morgan fingerprint density at radius 2 is 1.90 bits per heavy atom. The molecule has 0 fully saturated rings. The van der Waals surface area contributed by atoms with Crippen molar-refractivity contribution in [3.05, 3.63) is 47.8 Å². The summed E-state index contributed by atoms with van der Waals surface area (Å²) in [5, 5.41) is 0. The van der Waals surface area contributed by atoms with E-state index in [2.05, 4.69) is 10.4 Å². The Morgan fingerprint density at radius 3 is 2.52 bits per heavy atom. The highest BCUT2D eigenvalue weighted by molar-refractivity contribution is 5.50. The van der Waals surface area contributed by atoms with Crippen LogP contribution in [0.1, 0.15) is 17.2 Å². The number of nitrogens with zero attached hydrogens (tertiary/aromatic N) is 1. The van der Waals surface area contributed by atoms with E-state index < -0.39 is 0 Å². The normalized spacial score (nSPS) is 11.8. The van der Waals surface area contributed by atoms with Crippen molar-refractivity contribution in [1.29, 1.82) is 0 Å². The number of para-hydroxylation sites is 1. The molecule has 1 heterocycles. The van der Waals surface area contributed by atoms with Crippen LogP contribution in [0.2, 0.25) is 0 Å². The fraction of sp³-hybridized carbons (Fsp3) is 0.267. The number of ether oxygens (including phenoxy) is 3.